The Morgan fingerprint density at radius 1 is 0.330 bits per heavy atom. The fraction of sp³-hybridized carbons (Fsp3) is 0.105. The van der Waals surface area contributed by atoms with Crippen molar-refractivity contribution >= 4 is 5.84 Å². The molecular formula is C76H52F9N9. The first-order valence-corrected chi connectivity index (χ1v) is 29.7. The summed E-state index contributed by atoms with van der Waals surface area (Å²) in [5.74, 6) is 0.0343. The Labute approximate surface area is 534 Å². The van der Waals surface area contributed by atoms with Crippen LogP contribution in [0.1, 0.15) is 35.3 Å². The van der Waals surface area contributed by atoms with Gasteiger partial charge in [0.2, 0.25) is 0 Å². The van der Waals surface area contributed by atoms with Gasteiger partial charge in [0.15, 0.2) is 11.6 Å². The number of pyridine rings is 3. The number of aryl methyl sites for hydroxylation is 2. The topological polar surface area (TPSA) is 106 Å². The molecule has 13 rings (SSSR count). The highest BCUT2D eigenvalue weighted by molar-refractivity contribution is 6.00. The van der Waals surface area contributed by atoms with Gasteiger partial charge in [-0.15, -0.1) is 0 Å². The second-order valence-electron chi connectivity index (χ2n) is 22.7. The van der Waals surface area contributed by atoms with Gasteiger partial charge in [0.1, 0.15) is 23.3 Å². The van der Waals surface area contributed by atoms with Crippen molar-refractivity contribution in [3.63, 3.8) is 0 Å². The molecule has 0 saturated carbocycles. The van der Waals surface area contributed by atoms with Crippen molar-refractivity contribution in [2.24, 2.45) is 4.99 Å². The van der Waals surface area contributed by atoms with Gasteiger partial charge in [0.25, 0.3) is 0 Å². The summed E-state index contributed by atoms with van der Waals surface area (Å²) in [5.41, 5.74) is 15.1. The Bertz CT molecular complexity index is 4660. The van der Waals surface area contributed by atoms with E-state index in [9.17, 15) is 39.5 Å². The van der Waals surface area contributed by atoms with Crippen LogP contribution in [0.4, 0.5) is 39.5 Å². The van der Waals surface area contributed by atoms with Gasteiger partial charge >= 0.3 is 18.5 Å². The van der Waals surface area contributed by atoms with E-state index < -0.39 is 36.0 Å². The van der Waals surface area contributed by atoms with E-state index in [1.165, 1.54) is 33.3 Å². The summed E-state index contributed by atoms with van der Waals surface area (Å²) in [6.07, 6.45) is -8.17. The summed E-state index contributed by atoms with van der Waals surface area (Å²) in [6.45, 7) is 4.52. The van der Waals surface area contributed by atoms with Crippen LogP contribution in [0.2, 0.25) is 0 Å². The van der Waals surface area contributed by atoms with E-state index in [2.05, 4.69) is 94.5 Å². The van der Waals surface area contributed by atoms with Gasteiger partial charge in [0.05, 0.1) is 17.1 Å². The summed E-state index contributed by atoms with van der Waals surface area (Å²) < 4.78 is 124. The van der Waals surface area contributed by atoms with Gasteiger partial charge in [-0.25, -0.2) is 24.9 Å². The zero-order valence-corrected chi connectivity index (χ0v) is 50.5. The minimum atomic E-state index is -4.63. The minimum Gasteiger partial charge on any atom is -0.344 e. The number of aromatic nitrogens is 7. The zero-order valence-electron chi connectivity index (χ0n) is 50.5. The standard InChI is InChI=1S/C76H52F9N9/c1-44-35-68(74(77,78)79)92-71(89-44)53-29-32-65(86-41-53)50-23-17-47(18-24-50)59-11-5-8-14-62(59)56-38-57(63-15-9-6-12-60(63)48-19-25-51(26-20-48)66-33-30-54(42-87-66)72-90-45(2)36-69(93-72)75(80,81)82)40-58(39-56)64-16-10-7-13-61(64)49-21-27-52(28-22-49)67-34-31-55(43-88-67)73-91-46(3)37-70(94(73)4)76(83,84)85/h5-43,70H,1-4H3. The molecule has 0 N–H and O–H groups in total. The van der Waals surface area contributed by atoms with Crippen molar-refractivity contribution in [2.75, 3.05) is 7.05 Å². The van der Waals surface area contributed by atoms with E-state index in [0.29, 0.717) is 33.8 Å². The molecule has 0 radical (unpaired) electrons. The van der Waals surface area contributed by atoms with Crippen molar-refractivity contribution in [1.82, 2.24) is 39.8 Å². The molecule has 12 aromatic rings. The highest BCUT2D eigenvalue weighted by Crippen LogP contribution is 2.44. The van der Waals surface area contributed by atoms with E-state index in [0.717, 1.165) is 107 Å². The van der Waals surface area contributed by atoms with Gasteiger partial charge in [-0.2, -0.15) is 39.5 Å². The fourth-order valence-corrected chi connectivity index (χ4v) is 11.6. The minimum absolute atomic E-state index is 0.0714. The summed E-state index contributed by atoms with van der Waals surface area (Å²) in [4.78, 5) is 35.5. The predicted octanol–water partition coefficient (Wildman–Crippen LogP) is 20.0. The van der Waals surface area contributed by atoms with Crippen LogP contribution in [0.5, 0.6) is 0 Å². The lowest BCUT2D eigenvalue weighted by Crippen LogP contribution is -2.47. The number of likely N-dealkylation sites (N-methyl/N-ethyl adjacent to an activating group) is 1. The van der Waals surface area contributed by atoms with Gasteiger partial charge in [-0.1, -0.05) is 146 Å². The van der Waals surface area contributed by atoms with E-state index in [-0.39, 0.29) is 34.6 Å². The third kappa shape index (κ3) is 12.9. The molecule has 0 saturated heterocycles. The summed E-state index contributed by atoms with van der Waals surface area (Å²) in [7, 11) is 1.37. The summed E-state index contributed by atoms with van der Waals surface area (Å²) in [5, 5.41) is 0. The molecule has 1 atom stereocenters. The molecule has 0 fully saturated rings. The summed E-state index contributed by atoms with van der Waals surface area (Å²) in [6, 6.07) is 65.2. The Morgan fingerprint density at radius 2 is 0.628 bits per heavy atom. The second kappa shape index (κ2) is 24.7. The molecule has 5 aromatic heterocycles. The van der Waals surface area contributed by atoms with Crippen LogP contribution in [0, 0.1) is 13.8 Å². The monoisotopic (exact) mass is 1260 g/mol. The predicted molar refractivity (Wildman–Crippen MR) is 348 cm³/mol. The molecule has 0 spiro atoms. The van der Waals surface area contributed by atoms with E-state index >= 15 is 0 Å². The maximum absolute atomic E-state index is 14.0. The normalized spacial score (nSPS) is 13.6. The zero-order chi connectivity index (χ0) is 65.6. The molecule has 1 unspecified atom stereocenters. The average Bonchev–Trinajstić information content (AvgIpc) is 0.789. The molecule has 464 valence electrons. The Hall–Kier alpha value is -11.3. The number of hydrogen-bond donors (Lipinski definition) is 0. The van der Waals surface area contributed by atoms with Crippen molar-refractivity contribution in [3.05, 3.63) is 271 Å². The number of amidine groups is 1. The second-order valence-corrected chi connectivity index (χ2v) is 22.7. The van der Waals surface area contributed by atoms with Crippen LogP contribution in [0.25, 0.3) is 123 Å². The Kier molecular flexibility index (Phi) is 16.2. The molecular weight excluding hydrogens is 1210 g/mol. The smallest absolute Gasteiger partial charge is 0.344 e. The number of nitrogens with zero attached hydrogens (tertiary/aromatic N) is 9. The van der Waals surface area contributed by atoms with Gasteiger partial charge in [-0.05, 0) is 160 Å². The van der Waals surface area contributed by atoms with Crippen LogP contribution >= 0.6 is 0 Å². The molecule has 0 amide bonds. The van der Waals surface area contributed by atoms with Gasteiger partial charge < -0.3 is 4.90 Å². The van der Waals surface area contributed by atoms with Crippen molar-refractivity contribution in [3.8, 4) is 123 Å². The van der Waals surface area contributed by atoms with E-state index in [1.807, 2.05) is 109 Å². The number of alkyl halides is 9. The maximum Gasteiger partial charge on any atom is 0.433 e. The third-order valence-corrected chi connectivity index (χ3v) is 16.2. The van der Waals surface area contributed by atoms with Crippen molar-refractivity contribution in [1.29, 1.82) is 0 Å². The van der Waals surface area contributed by atoms with Crippen LogP contribution in [-0.4, -0.2) is 64.9 Å². The molecule has 0 bridgehead atoms. The molecule has 18 heteroatoms. The first-order chi connectivity index (χ1) is 45.1. The number of hydrogen-bond acceptors (Lipinski definition) is 9. The Balaban J connectivity index is 0.851. The van der Waals surface area contributed by atoms with Crippen LogP contribution in [0.15, 0.2) is 248 Å². The first-order valence-electron chi connectivity index (χ1n) is 29.7. The third-order valence-electron chi connectivity index (χ3n) is 16.2. The molecule has 1 aliphatic rings. The number of allylic oxidation sites excluding steroid dienone is 1. The summed E-state index contributed by atoms with van der Waals surface area (Å²) >= 11 is 0. The highest BCUT2D eigenvalue weighted by atomic mass is 19.4. The van der Waals surface area contributed by atoms with E-state index in [1.54, 1.807) is 49.5 Å². The first kappa shape index (κ1) is 61.6. The molecule has 1 aliphatic heterocycles. The van der Waals surface area contributed by atoms with Crippen molar-refractivity contribution in [2.45, 2.75) is 45.3 Å². The van der Waals surface area contributed by atoms with Crippen LogP contribution < -0.4 is 0 Å². The van der Waals surface area contributed by atoms with Gasteiger partial charge in [-0.3, -0.25) is 15.0 Å². The molecule has 7 aromatic carbocycles. The van der Waals surface area contributed by atoms with Crippen LogP contribution in [-0.2, 0) is 12.4 Å². The fourth-order valence-electron chi connectivity index (χ4n) is 11.6. The number of rotatable bonds is 12. The number of halogens is 9. The largest absolute Gasteiger partial charge is 0.433 e. The lowest BCUT2D eigenvalue weighted by atomic mass is 9.86. The molecule has 0 aliphatic carbocycles. The lowest BCUT2D eigenvalue weighted by molar-refractivity contribution is -0.158. The lowest BCUT2D eigenvalue weighted by Gasteiger charge is -2.33. The average molecular weight is 1260 g/mol. The maximum atomic E-state index is 14.0. The number of benzene rings is 7. The number of aliphatic imine (C=N–C) groups is 1. The van der Waals surface area contributed by atoms with Gasteiger partial charge in [0, 0.05) is 76.1 Å². The van der Waals surface area contributed by atoms with E-state index in [4.69, 9.17) is 0 Å². The molecule has 6 heterocycles. The Morgan fingerprint density at radius 3 is 0.926 bits per heavy atom. The quantitative estimate of drug-likeness (QED) is 0.111. The SMILES string of the molecule is CC1=CC(C(F)(F)F)N(C)C(c2ccc(-c3ccc(-c4ccccc4-c4cc(-c5ccccc5-c5ccc(-c6ccc(-c7nc(C)cc(C(F)(F)F)n7)cn6)cc5)cc(-c5ccccc5-c5ccc(-c6ccc(-c7nc(C)cc(C(F)(F)F)n7)cn6)cc5)c4)cc3)nc2)=N1. The van der Waals surface area contributed by atoms with Crippen molar-refractivity contribution < 1.29 is 39.5 Å². The highest BCUT2D eigenvalue weighted by Gasteiger charge is 2.44. The molecule has 94 heavy (non-hydrogen) atoms. The van der Waals surface area contributed by atoms with Crippen LogP contribution in [0.3, 0.4) is 0 Å². The molecule has 9 nitrogen and oxygen atoms in total.